The van der Waals surface area contributed by atoms with Crippen LogP contribution >= 0.6 is 0 Å². The zero-order valence-corrected chi connectivity index (χ0v) is 17.3. The Morgan fingerprint density at radius 1 is 1.30 bits per heavy atom. The van der Waals surface area contributed by atoms with Crippen LogP contribution in [-0.4, -0.2) is 59.4 Å². The highest BCUT2D eigenvalue weighted by atomic mass is 19.1. The van der Waals surface area contributed by atoms with Crippen molar-refractivity contribution >= 4 is 11.6 Å². The maximum atomic E-state index is 17.1. The molecule has 5 aliphatic rings. The molecule has 0 aromatic heterocycles. The summed E-state index contributed by atoms with van der Waals surface area (Å²) in [6.07, 6.45) is 1.51. The lowest BCUT2D eigenvalue weighted by Gasteiger charge is -2.63. The molecular formula is C23H29F2NO4. The number of aliphatic hydroxyl groups excluding tert-OH is 2. The summed E-state index contributed by atoms with van der Waals surface area (Å²) < 4.78 is 32.4. The lowest BCUT2D eigenvalue weighted by Crippen LogP contribution is -2.69. The number of aliphatic hydroxyl groups is 2. The van der Waals surface area contributed by atoms with Crippen LogP contribution in [0.2, 0.25) is 0 Å². The molecule has 4 fully saturated rings. The molecule has 9 unspecified atom stereocenters. The normalized spacial score (nSPS) is 54.1. The predicted molar refractivity (Wildman–Crippen MR) is 105 cm³/mol. The van der Waals surface area contributed by atoms with Gasteiger partial charge in [0.15, 0.2) is 17.2 Å². The van der Waals surface area contributed by atoms with E-state index in [-0.39, 0.29) is 41.8 Å². The largest absolute Gasteiger partial charge is 0.390 e. The van der Waals surface area contributed by atoms with Gasteiger partial charge < -0.3 is 15.5 Å². The summed E-state index contributed by atoms with van der Waals surface area (Å²) in [6.45, 7) is 3.89. The molecule has 1 heterocycles. The van der Waals surface area contributed by atoms with Crippen molar-refractivity contribution in [3.63, 3.8) is 0 Å². The van der Waals surface area contributed by atoms with E-state index in [1.54, 1.807) is 6.92 Å². The summed E-state index contributed by atoms with van der Waals surface area (Å²) in [6, 6.07) is 0. The van der Waals surface area contributed by atoms with Crippen LogP contribution in [-0.2, 0) is 9.59 Å². The summed E-state index contributed by atoms with van der Waals surface area (Å²) >= 11 is 0. The number of Topliss-reactive ketones (excluding diaryl/α,β-unsaturated/α-hetero) is 1. The van der Waals surface area contributed by atoms with E-state index >= 15 is 8.78 Å². The lowest BCUT2D eigenvalue weighted by molar-refractivity contribution is -0.211. The second-order valence-corrected chi connectivity index (χ2v) is 10.5. The van der Waals surface area contributed by atoms with Crippen molar-refractivity contribution in [2.45, 2.75) is 51.1 Å². The molecule has 9 atom stereocenters. The van der Waals surface area contributed by atoms with Crippen LogP contribution < -0.4 is 5.32 Å². The van der Waals surface area contributed by atoms with E-state index in [0.717, 1.165) is 0 Å². The van der Waals surface area contributed by atoms with Crippen molar-refractivity contribution in [1.29, 1.82) is 0 Å². The number of carbonyl (C=O) groups excluding carboxylic acids is 2. The van der Waals surface area contributed by atoms with E-state index in [1.807, 2.05) is 6.92 Å². The zero-order valence-electron chi connectivity index (χ0n) is 17.3. The summed E-state index contributed by atoms with van der Waals surface area (Å²) in [5, 5.41) is 24.3. The standard InChI is InChI=1S/C23H29F2NO4/c1-20-4-3-13(28)6-16(20)17(24)7-15-14-5-12-9-26-11-22(12,19(30)10-27)21(14,2)8-18(29)23(15,20)25/h3-4,6,12,14-15,17-18,26-27,29H,5,7-11H2,1-2H3. The van der Waals surface area contributed by atoms with Crippen molar-refractivity contribution in [3.05, 3.63) is 23.8 Å². The first-order valence-corrected chi connectivity index (χ1v) is 10.9. The second kappa shape index (κ2) is 6.08. The molecule has 3 N–H and O–H groups in total. The quantitative estimate of drug-likeness (QED) is 0.632. The minimum Gasteiger partial charge on any atom is -0.390 e. The fourth-order valence-electron chi connectivity index (χ4n) is 8.31. The molecule has 30 heavy (non-hydrogen) atoms. The van der Waals surface area contributed by atoms with E-state index in [0.29, 0.717) is 19.5 Å². The maximum Gasteiger partial charge on any atom is 0.178 e. The van der Waals surface area contributed by atoms with Gasteiger partial charge in [-0.05, 0) is 67.7 Å². The minimum absolute atomic E-state index is 0.0657. The fourth-order valence-corrected chi connectivity index (χ4v) is 8.31. The molecule has 0 spiro atoms. The first-order valence-electron chi connectivity index (χ1n) is 10.9. The minimum atomic E-state index is -2.13. The number of carbonyl (C=O) groups is 2. The summed E-state index contributed by atoms with van der Waals surface area (Å²) in [5.41, 5.74) is -5.05. The molecule has 0 aromatic rings. The lowest BCUT2D eigenvalue weighted by atomic mass is 9.43. The Balaban J connectivity index is 1.66. The first-order chi connectivity index (χ1) is 14.1. The third-order valence-corrected chi connectivity index (χ3v) is 9.71. The Morgan fingerprint density at radius 2 is 2.03 bits per heavy atom. The maximum absolute atomic E-state index is 17.1. The topological polar surface area (TPSA) is 86.6 Å². The van der Waals surface area contributed by atoms with Gasteiger partial charge in [-0.2, -0.15) is 0 Å². The van der Waals surface area contributed by atoms with Crippen molar-refractivity contribution in [1.82, 2.24) is 5.32 Å². The Hall–Kier alpha value is -1.44. The molecular weight excluding hydrogens is 392 g/mol. The fraction of sp³-hybridized carbons (Fsp3) is 0.739. The molecule has 5 nitrogen and oxygen atoms in total. The molecule has 7 heteroatoms. The second-order valence-electron chi connectivity index (χ2n) is 10.5. The number of hydrogen-bond acceptors (Lipinski definition) is 5. The highest BCUT2D eigenvalue weighted by Crippen LogP contribution is 2.73. The van der Waals surface area contributed by atoms with Gasteiger partial charge in [-0.1, -0.05) is 13.0 Å². The van der Waals surface area contributed by atoms with Crippen molar-refractivity contribution in [2.75, 3.05) is 19.7 Å². The van der Waals surface area contributed by atoms with Crippen LogP contribution in [0.4, 0.5) is 8.78 Å². The predicted octanol–water partition coefficient (Wildman–Crippen LogP) is 1.68. The molecule has 1 aliphatic heterocycles. The molecule has 4 aliphatic carbocycles. The molecule has 0 radical (unpaired) electrons. The average Bonchev–Trinajstić information content (AvgIpc) is 3.23. The van der Waals surface area contributed by atoms with Gasteiger partial charge in [-0.25, -0.2) is 8.78 Å². The van der Waals surface area contributed by atoms with E-state index < -0.39 is 46.7 Å². The molecule has 0 bridgehead atoms. The van der Waals surface area contributed by atoms with Crippen LogP contribution in [0.15, 0.2) is 23.8 Å². The van der Waals surface area contributed by atoms with Gasteiger partial charge in [0.1, 0.15) is 12.8 Å². The Labute approximate surface area is 174 Å². The van der Waals surface area contributed by atoms with Gasteiger partial charge >= 0.3 is 0 Å². The number of halogens is 2. The number of ketones is 2. The zero-order chi connectivity index (χ0) is 21.7. The highest BCUT2D eigenvalue weighted by Gasteiger charge is 2.77. The van der Waals surface area contributed by atoms with Crippen LogP contribution in [0, 0.1) is 34.0 Å². The third-order valence-electron chi connectivity index (χ3n) is 9.71. The molecule has 1 saturated heterocycles. The smallest absolute Gasteiger partial charge is 0.178 e. The van der Waals surface area contributed by atoms with Crippen molar-refractivity contribution in [3.8, 4) is 0 Å². The van der Waals surface area contributed by atoms with Gasteiger partial charge in [0.2, 0.25) is 0 Å². The van der Waals surface area contributed by atoms with E-state index in [9.17, 15) is 19.8 Å². The Kier molecular flexibility index (Phi) is 4.15. The van der Waals surface area contributed by atoms with Crippen LogP contribution in [0.1, 0.15) is 33.1 Å². The van der Waals surface area contributed by atoms with Gasteiger partial charge in [0, 0.05) is 17.9 Å². The summed E-state index contributed by atoms with van der Waals surface area (Å²) in [7, 11) is 0. The van der Waals surface area contributed by atoms with Gasteiger partial charge in [0.25, 0.3) is 0 Å². The Morgan fingerprint density at radius 3 is 2.73 bits per heavy atom. The first kappa shape index (κ1) is 20.5. The molecule has 164 valence electrons. The number of alkyl halides is 2. The van der Waals surface area contributed by atoms with E-state index in [2.05, 4.69) is 5.32 Å². The number of hydrogen-bond donors (Lipinski definition) is 3. The summed E-state index contributed by atoms with van der Waals surface area (Å²) in [5.74, 6) is -1.79. The van der Waals surface area contributed by atoms with Crippen molar-refractivity contribution in [2.24, 2.45) is 34.0 Å². The monoisotopic (exact) mass is 421 g/mol. The van der Waals surface area contributed by atoms with E-state index in [4.69, 9.17) is 0 Å². The molecule has 3 saturated carbocycles. The van der Waals surface area contributed by atoms with E-state index in [1.165, 1.54) is 18.2 Å². The highest BCUT2D eigenvalue weighted by molar-refractivity contribution is 6.01. The van der Waals surface area contributed by atoms with Gasteiger partial charge in [-0.3, -0.25) is 9.59 Å². The molecule has 0 amide bonds. The molecule has 0 aromatic carbocycles. The molecule has 5 rings (SSSR count). The number of allylic oxidation sites excluding steroid dienone is 4. The van der Waals surface area contributed by atoms with Gasteiger partial charge in [0.05, 0.1) is 11.5 Å². The number of rotatable bonds is 2. The van der Waals surface area contributed by atoms with Crippen LogP contribution in [0.25, 0.3) is 0 Å². The van der Waals surface area contributed by atoms with Gasteiger partial charge in [-0.15, -0.1) is 0 Å². The van der Waals surface area contributed by atoms with Crippen LogP contribution in [0.5, 0.6) is 0 Å². The van der Waals surface area contributed by atoms with Crippen LogP contribution in [0.3, 0.4) is 0 Å². The van der Waals surface area contributed by atoms with Crippen molar-refractivity contribution < 1.29 is 28.6 Å². The summed E-state index contributed by atoms with van der Waals surface area (Å²) in [4.78, 5) is 24.9. The number of nitrogens with one attached hydrogen (secondary N) is 1. The Bertz CT molecular complexity index is 888. The SMILES string of the molecule is CC12C=CC(=O)C=C1C(F)CC1C3CC4CNCC4(C(=O)CO)C3(C)CC(O)C12F. The third kappa shape index (κ3) is 2.03. The number of fused-ring (bicyclic) bond motifs is 7. The average molecular weight is 421 g/mol.